The van der Waals surface area contributed by atoms with Gasteiger partial charge in [0.1, 0.15) is 13.2 Å². The van der Waals surface area contributed by atoms with E-state index in [0.29, 0.717) is 23.9 Å². The van der Waals surface area contributed by atoms with E-state index in [1.807, 2.05) is 21.1 Å². The van der Waals surface area contributed by atoms with Crippen molar-refractivity contribution < 1.29 is 42.9 Å². The van der Waals surface area contributed by atoms with Crippen LogP contribution in [0.3, 0.4) is 0 Å². The molecule has 0 aromatic heterocycles. The molecular formula is C74H112NO8+. The summed E-state index contributed by atoms with van der Waals surface area (Å²) in [7, 11) is 5.92. The standard InChI is InChI=1S/C74H111NO8/c1-6-8-10-12-14-16-18-20-22-24-26-28-30-32-34-35-36-37-39-41-43-45-47-49-51-53-55-57-59-61-63-65-72(77)83-70(69-82-74(73(78)79)80-67-66-75(3,4)5)68-81-71(76)64-62-60-58-56-54-52-50-48-46-44-42-40-38-33-31-29-27-25-23-21-19-17-15-13-11-9-7-2/h8-11,14-17,20-23,26-29,32-34,36-38,41-44,47-50,53-56,70,74H,6-7,12-13,18-19,24-25,30-31,35,39-40,45-46,51-52,57-69H2,1-5H3/p+1/b10-8-,11-9-,16-14-,17-15-,22-20-,23-21-,28-26-,29-27-,34-32-,37-36-,38-33-,43-41-,44-42-,49-47-,50-48-,55-53-,56-54-. The molecule has 0 bridgehead atoms. The Hall–Kier alpha value is -6.13. The van der Waals surface area contributed by atoms with Crippen molar-refractivity contribution in [1.29, 1.82) is 0 Å². The minimum atomic E-state index is -1.55. The third-order valence-corrected chi connectivity index (χ3v) is 12.0. The largest absolute Gasteiger partial charge is 0.477 e. The third-order valence-electron chi connectivity index (χ3n) is 12.0. The van der Waals surface area contributed by atoms with E-state index < -0.39 is 30.3 Å². The van der Waals surface area contributed by atoms with E-state index >= 15 is 0 Å². The number of likely N-dealkylation sites (N-methyl/N-ethyl adjacent to an activating group) is 1. The molecule has 2 atom stereocenters. The molecule has 0 aromatic carbocycles. The van der Waals surface area contributed by atoms with E-state index in [-0.39, 0.29) is 32.7 Å². The highest BCUT2D eigenvalue weighted by molar-refractivity contribution is 5.71. The first kappa shape index (κ1) is 76.9. The maximum absolute atomic E-state index is 12.9. The molecule has 0 saturated heterocycles. The molecular weight excluding hydrogens is 1030 g/mol. The summed E-state index contributed by atoms with van der Waals surface area (Å²) in [5.74, 6) is -2.14. The van der Waals surface area contributed by atoms with Crippen LogP contribution in [0.2, 0.25) is 0 Å². The van der Waals surface area contributed by atoms with Gasteiger partial charge in [0, 0.05) is 12.8 Å². The molecule has 9 nitrogen and oxygen atoms in total. The maximum atomic E-state index is 12.9. The zero-order valence-electron chi connectivity index (χ0n) is 52.2. The fourth-order valence-corrected chi connectivity index (χ4v) is 7.31. The number of rotatable bonds is 54. The topological polar surface area (TPSA) is 108 Å². The van der Waals surface area contributed by atoms with Gasteiger partial charge in [-0.25, -0.2) is 4.79 Å². The van der Waals surface area contributed by atoms with Crippen LogP contribution in [0, 0.1) is 0 Å². The van der Waals surface area contributed by atoms with Gasteiger partial charge in [-0.1, -0.05) is 227 Å². The maximum Gasteiger partial charge on any atom is 0.361 e. The molecule has 0 amide bonds. The van der Waals surface area contributed by atoms with Crippen LogP contribution < -0.4 is 0 Å². The van der Waals surface area contributed by atoms with Crippen LogP contribution in [0.25, 0.3) is 0 Å². The summed E-state index contributed by atoms with van der Waals surface area (Å²) in [4.78, 5) is 37.5. The van der Waals surface area contributed by atoms with Crippen LogP contribution in [-0.4, -0.2) is 87.4 Å². The number of esters is 2. The zero-order chi connectivity index (χ0) is 60.5. The van der Waals surface area contributed by atoms with Crippen LogP contribution in [0.1, 0.15) is 181 Å². The summed E-state index contributed by atoms with van der Waals surface area (Å²) in [6.45, 7) is 4.51. The Morgan fingerprint density at radius 3 is 0.964 bits per heavy atom. The molecule has 2 unspecified atom stereocenters. The van der Waals surface area contributed by atoms with Crippen LogP contribution in [0.15, 0.2) is 207 Å². The molecule has 0 aliphatic carbocycles. The number of carbonyl (C=O) groups excluding carboxylic acids is 2. The van der Waals surface area contributed by atoms with Crippen molar-refractivity contribution in [3.8, 4) is 0 Å². The quantitative estimate of drug-likeness (QED) is 0.0211. The molecule has 0 aliphatic rings. The summed E-state index contributed by atoms with van der Waals surface area (Å²) >= 11 is 0. The van der Waals surface area contributed by atoms with Gasteiger partial charge in [0.15, 0.2) is 6.10 Å². The first-order valence-corrected chi connectivity index (χ1v) is 31.2. The summed E-state index contributed by atoms with van der Waals surface area (Å²) in [5.41, 5.74) is 0. The highest BCUT2D eigenvalue weighted by Crippen LogP contribution is 2.11. The number of nitrogens with zero attached hydrogens (tertiary/aromatic N) is 1. The summed E-state index contributed by atoms with van der Waals surface area (Å²) in [5, 5.41) is 9.72. The molecule has 9 heteroatoms. The smallest absolute Gasteiger partial charge is 0.361 e. The Labute approximate surface area is 505 Å². The van der Waals surface area contributed by atoms with Crippen LogP contribution >= 0.6 is 0 Å². The normalized spacial score (nSPS) is 14.2. The fourth-order valence-electron chi connectivity index (χ4n) is 7.31. The van der Waals surface area contributed by atoms with Crippen molar-refractivity contribution in [1.82, 2.24) is 0 Å². The molecule has 83 heavy (non-hydrogen) atoms. The Morgan fingerprint density at radius 1 is 0.361 bits per heavy atom. The second-order valence-corrected chi connectivity index (χ2v) is 20.9. The van der Waals surface area contributed by atoms with Gasteiger partial charge in [0.25, 0.3) is 6.29 Å². The van der Waals surface area contributed by atoms with Gasteiger partial charge in [-0.05, 0) is 148 Å². The fraction of sp³-hybridized carbons (Fsp3) is 0.500. The molecule has 0 heterocycles. The van der Waals surface area contributed by atoms with Crippen molar-refractivity contribution in [2.24, 2.45) is 0 Å². The predicted octanol–water partition coefficient (Wildman–Crippen LogP) is 19.2. The van der Waals surface area contributed by atoms with Crippen molar-refractivity contribution in [3.63, 3.8) is 0 Å². The highest BCUT2D eigenvalue weighted by Gasteiger charge is 2.25. The lowest BCUT2D eigenvalue weighted by molar-refractivity contribution is -0.870. The van der Waals surface area contributed by atoms with Gasteiger partial charge in [-0.2, -0.15) is 0 Å². The molecule has 0 aromatic rings. The molecule has 0 rings (SSSR count). The van der Waals surface area contributed by atoms with E-state index in [1.54, 1.807) is 0 Å². The summed E-state index contributed by atoms with van der Waals surface area (Å²) in [6, 6.07) is 0. The van der Waals surface area contributed by atoms with E-state index in [9.17, 15) is 19.5 Å². The number of carboxylic acids is 1. The van der Waals surface area contributed by atoms with Gasteiger partial charge in [0.05, 0.1) is 34.4 Å². The lowest BCUT2D eigenvalue weighted by atomic mass is 10.1. The minimum Gasteiger partial charge on any atom is -0.477 e. The van der Waals surface area contributed by atoms with Gasteiger partial charge < -0.3 is 28.5 Å². The Kier molecular flexibility index (Phi) is 57.4. The Balaban J connectivity index is 4.45. The van der Waals surface area contributed by atoms with Gasteiger partial charge in [-0.15, -0.1) is 0 Å². The minimum absolute atomic E-state index is 0.160. The number of quaternary nitrogens is 1. The van der Waals surface area contributed by atoms with Crippen molar-refractivity contribution in [2.75, 3.05) is 47.5 Å². The molecule has 0 aliphatic heterocycles. The van der Waals surface area contributed by atoms with Crippen molar-refractivity contribution >= 4 is 17.9 Å². The summed E-state index contributed by atoms with van der Waals surface area (Å²) < 4.78 is 22.8. The third kappa shape index (κ3) is 63.3. The molecule has 1 N–H and O–H groups in total. The average Bonchev–Trinajstić information content (AvgIpc) is 3.46. The first-order valence-electron chi connectivity index (χ1n) is 31.2. The number of unbranched alkanes of at least 4 members (excludes halogenated alkanes) is 5. The lowest BCUT2D eigenvalue weighted by Crippen LogP contribution is -2.40. The number of carbonyl (C=O) groups is 3. The number of ether oxygens (including phenoxy) is 4. The van der Waals surface area contributed by atoms with Gasteiger partial charge >= 0.3 is 17.9 Å². The second-order valence-electron chi connectivity index (χ2n) is 20.9. The summed E-state index contributed by atoms with van der Waals surface area (Å²) in [6.07, 6.45) is 94.9. The molecule has 0 spiro atoms. The number of aliphatic carboxylic acids is 1. The van der Waals surface area contributed by atoms with E-state index in [4.69, 9.17) is 18.9 Å². The van der Waals surface area contributed by atoms with E-state index in [0.717, 1.165) is 141 Å². The number of carboxylic acid groups (broad SMARTS) is 1. The Bertz CT molecular complexity index is 2110. The lowest BCUT2D eigenvalue weighted by Gasteiger charge is -2.25. The van der Waals surface area contributed by atoms with Crippen LogP contribution in [0.5, 0.6) is 0 Å². The van der Waals surface area contributed by atoms with Crippen molar-refractivity contribution in [2.45, 2.75) is 193 Å². The predicted molar refractivity (Wildman–Crippen MR) is 354 cm³/mol. The zero-order valence-corrected chi connectivity index (χ0v) is 52.2. The van der Waals surface area contributed by atoms with E-state index in [1.165, 1.54) is 0 Å². The molecule has 460 valence electrons. The van der Waals surface area contributed by atoms with E-state index in [2.05, 4.69) is 220 Å². The van der Waals surface area contributed by atoms with Crippen LogP contribution in [0.4, 0.5) is 0 Å². The molecule has 0 radical (unpaired) electrons. The number of hydrogen-bond acceptors (Lipinski definition) is 7. The van der Waals surface area contributed by atoms with Crippen molar-refractivity contribution in [3.05, 3.63) is 207 Å². The Morgan fingerprint density at radius 2 is 0.651 bits per heavy atom. The first-order chi connectivity index (χ1) is 40.6. The average molecular weight is 1140 g/mol. The SMILES string of the molecule is CC/C=C\C/C=C\C/C=C\C/C=C\C/C=C\C/C=C\C/C=C\C/C=C\C/C=C\CCCCCC(=O)OC(COC(=O)CCCC/C=C\C/C=C\C/C=C\C/C=C\C/C=C\C/C=C\C/C=C\C/C=C\CC)COC(OCC[N+](C)(C)C)C(=O)O. The molecule has 0 saturated carbocycles. The van der Waals surface area contributed by atoms with Gasteiger partial charge in [-0.3, -0.25) is 9.59 Å². The number of hydrogen-bond donors (Lipinski definition) is 1. The number of allylic oxidation sites excluding steroid dienone is 34. The second kappa shape index (κ2) is 61.9. The van der Waals surface area contributed by atoms with Crippen LogP contribution in [-0.2, 0) is 33.3 Å². The molecule has 0 fully saturated rings. The highest BCUT2D eigenvalue weighted by atomic mass is 16.7. The van der Waals surface area contributed by atoms with Gasteiger partial charge in [0.2, 0.25) is 0 Å². The monoisotopic (exact) mass is 1140 g/mol.